The largest absolute Gasteiger partial charge is 0.493 e. The van der Waals surface area contributed by atoms with Crippen LogP contribution in [-0.4, -0.2) is 27.9 Å². The molecule has 1 fully saturated rings. The molecule has 1 aromatic heterocycles. The standard InChI is InChI=1S/C29H26Br2N4O5/c1-39-26-14-19(13-24(31)27(26)40-17-18-7-10-22(11-8-18)35(37)38)16-32-34-28(20-5-3-2-4-6-20)33-25-12-9-21(30)15-23(25)29(34)36/h7-16,20H,2-6,17H2,1H3. The fraction of sp³-hybridized carbons (Fsp3) is 0.276. The number of nitrogens with zero attached hydrogens (tertiary/aromatic N) is 4. The molecule has 40 heavy (non-hydrogen) atoms. The van der Waals surface area contributed by atoms with Gasteiger partial charge in [0.05, 0.1) is 33.6 Å². The molecule has 0 unspecified atom stereocenters. The number of hydrogen-bond donors (Lipinski definition) is 0. The molecule has 1 aliphatic carbocycles. The summed E-state index contributed by atoms with van der Waals surface area (Å²) in [5.41, 5.74) is 1.94. The molecule has 1 aliphatic rings. The van der Waals surface area contributed by atoms with Gasteiger partial charge in [-0.1, -0.05) is 35.2 Å². The van der Waals surface area contributed by atoms with Crippen LogP contribution in [0.15, 0.2) is 73.4 Å². The van der Waals surface area contributed by atoms with Crippen molar-refractivity contribution in [3.05, 3.63) is 101 Å². The lowest BCUT2D eigenvalue weighted by Crippen LogP contribution is -2.25. The van der Waals surface area contributed by atoms with Crippen LogP contribution in [0.3, 0.4) is 0 Å². The number of rotatable bonds is 8. The average Bonchev–Trinajstić information content (AvgIpc) is 2.96. The van der Waals surface area contributed by atoms with Gasteiger partial charge in [0.25, 0.3) is 11.2 Å². The molecule has 0 amide bonds. The van der Waals surface area contributed by atoms with E-state index in [1.807, 2.05) is 18.2 Å². The number of methoxy groups -OCH3 is 1. The summed E-state index contributed by atoms with van der Waals surface area (Å²) in [5.74, 6) is 1.81. The van der Waals surface area contributed by atoms with Crippen molar-refractivity contribution in [3.8, 4) is 11.5 Å². The van der Waals surface area contributed by atoms with E-state index in [1.165, 1.54) is 30.3 Å². The van der Waals surface area contributed by atoms with E-state index in [1.54, 1.807) is 30.5 Å². The highest BCUT2D eigenvalue weighted by Crippen LogP contribution is 2.37. The molecular formula is C29H26Br2N4O5. The zero-order valence-corrected chi connectivity index (χ0v) is 24.9. The van der Waals surface area contributed by atoms with Crippen molar-refractivity contribution in [2.45, 2.75) is 44.6 Å². The molecule has 0 saturated heterocycles. The van der Waals surface area contributed by atoms with Crippen molar-refractivity contribution in [1.82, 2.24) is 9.66 Å². The fourth-order valence-electron chi connectivity index (χ4n) is 4.85. The lowest BCUT2D eigenvalue weighted by molar-refractivity contribution is -0.384. The van der Waals surface area contributed by atoms with Crippen LogP contribution in [0.5, 0.6) is 11.5 Å². The highest BCUT2D eigenvalue weighted by Gasteiger charge is 2.22. The molecule has 0 bridgehead atoms. The Bertz CT molecular complexity index is 1650. The minimum atomic E-state index is -0.441. The second kappa shape index (κ2) is 12.3. The van der Waals surface area contributed by atoms with E-state index < -0.39 is 4.92 Å². The van der Waals surface area contributed by atoms with Crippen LogP contribution in [0.1, 0.15) is 55.0 Å². The summed E-state index contributed by atoms with van der Waals surface area (Å²) in [6.07, 6.45) is 6.97. The van der Waals surface area contributed by atoms with Gasteiger partial charge < -0.3 is 9.47 Å². The number of nitro benzene ring substituents is 1. The third kappa shape index (κ3) is 6.10. The van der Waals surface area contributed by atoms with Gasteiger partial charge in [-0.25, -0.2) is 4.98 Å². The molecule has 206 valence electrons. The van der Waals surface area contributed by atoms with Crippen LogP contribution in [-0.2, 0) is 6.61 Å². The molecule has 3 aromatic carbocycles. The molecule has 0 N–H and O–H groups in total. The first-order valence-electron chi connectivity index (χ1n) is 12.8. The molecule has 0 spiro atoms. The third-order valence-corrected chi connectivity index (χ3v) is 7.99. The van der Waals surface area contributed by atoms with Crippen LogP contribution < -0.4 is 15.0 Å². The van der Waals surface area contributed by atoms with Gasteiger partial charge in [0.2, 0.25) is 0 Å². The van der Waals surface area contributed by atoms with E-state index in [9.17, 15) is 14.9 Å². The summed E-state index contributed by atoms with van der Waals surface area (Å²) < 4.78 is 14.4. The Morgan fingerprint density at radius 2 is 1.85 bits per heavy atom. The van der Waals surface area contributed by atoms with E-state index in [-0.39, 0.29) is 23.8 Å². The van der Waals surface area contributed by atoms with Crippen LogP contribution in [0, 0.1) is 10.1 Å². The molecule has 11 heteroatoms. The first-order chi connectivity index (χ1) is 19.3. The van der Waals surface area contributed by atoms with Crippen molar-refractivity contribution in [1.29, 1.82) is 0 Å². The van der Waals surface area contributed by atoms with Gasteiger partial charge in [-0.05, 0) is 82.4 Å². The normalized spacial score (nSPS) is 14.1. The smallest absolute Gasteiger partial charge is 0.282 e. The quantitative estimate of drug-likeness (QED) is 0.110. The van der Waals surface area contributed by atoms with Crippen molar-refractivity contribution in [3.63, 3.8) is 0 Å². The number of hydrogen-bond acceptors (Lipinski definition) is 7. The molecule has 1 saturated carbocycles. The van der Waals surface area contributed by atoms with Crippen molar-refractivity contribution in [2.24, 2.45) is 5.10 Å². The number of non-ortho nitro benzene ring substituents is 1. The van der Waals surface area contributed by atoms with Gasteiger partial charge in [0.1, 0.15) is 12.4 Å². The Kier molecular flexibility index (Phi) is 8.60. The van der Waals surface area contributed by atoms with Gasteiger partial charge in [0, 0.05) is 22.5 Å². The monoisotopic (exact) mass is 668 g/mol. The maximum Gasteiger partial charge on any atom is 0.282 e. The van der Waals surface area contributed by atoms with E-state index in [0.29, 0.717) is 38.3 Å². The molecule has 1 heterocycles. The predicted molar refractivity (Wildman–Crippen MR) is 161 cm³/mol. The van der Waals surface area contributed by atoms with Crippen molar-refractivity contribution >= 4 is 54.7 Å². The Morgan fingerprint density at radius 1 is 1.10 bits per heavy atom. The number of nitro groups is 1. The maximum atomic E-state index is 13.6. The summed E-state index contributed by atoms with van der Waals surface area (Å²) >= 11 is 7.02. The minimum absolute atomic E-state index is 0.0196. The maximum absolute atomic E-state index is 13.6. The Hall–Kier alpha value is -3.57. The summed E-state index contributed by atoms with van der Waals surface area (Å²) in [6.45, 7) is 0.193. The molecule has 4 aromatic rings. The van der Waals surface area contributed by atoms with Gasteiger partial charge >= 0.3 is 0 Å². The second-order valence-corrected chi connectivity index (χ2v) is 11.3. The number of ether oxygens (including phenoxy) is 2. The zero-order valence-electron chi connectivity index (χ0n) is 21.7. The first-order valence-corrected chi connectivity index (χ1v) is 14.4. The Balaban J connectivity index is 1.46. The van der Waals surface area contributed by atoms with Gasteiger partial charge in [-0.2, -0.15) is 9.78 Å². The van der Waals surface area contributed by atoms with Crippen molar-refractivity contribution < 1.29 is 14.4 Å². The summed E-state index contributed by atoms with van der Waals surface area (Å²) in [6, 6.07) is 15.3. The fourth-order valence-corrected chi connectivity index (χ4v) is 5.79. The van der Waals surface area contributed by atoms with Gasteiger partial charge in [-0.3, -0.25) is 14.9 Å². The third-order valence-electron chi connectivity index (χ3n) is 6.91. The number of benzene rings is 3. The molecule has 0 radical (unpaired) electrons. The first kappa shape index (κ1) is 28.0. The molecular weight excluding hydrogens is 644 g/mol. The lowest BCUT2D eigenvalue weighted by Gasteiger charge is -2.22. The van der Waals surface area contributed by atoms with Crippen LogP contribution >= 0.6 is 31.9 Å². The van der Waals surface area contributed by atoms with E-state index in [4.69, 9.17) is 14.5 Å². The molecule has 5 rings (SSSR count). The van der Waals surface area contributed by atoms with E-state index in [0.717, 1.165) is 35.7 Å². The minimum Gasteiger partial charge on any atom is -0.493 e. The molecule has 0 atom stereocenters. The van der Waals surface area contributed by atoms with Gasteiger partial charge in [0.15, 0.2) is 11.5 Å². The van der Waals surface area contributed by atoms with Crippen molar-refractivity contribution in [2.75, 3.05) is 7.11 Å². The SMILES string of the molecule is COc1cc(C=Nn2c(C3CCCCC3)nc3ccc(Br)cc3c2=O)cc(Br)c1OCc1ccc([N+](=O)[O-])cc1. The lowest BCUT2D eigenvalue weighted by atomic mass is 9.88. The number of halogens is 2. The number of fused-ring (bicyclic) bond motifs is 1. The van der Waals surface area contributed by atoms with Crippen LogP contribution in [0.2, 0.25) is 0 Å². The van der Waals surface area contributed by atoms with Gasteiger partial charge in [-0.15, -0.1) is 0 Å². The van der Waals surface area contributed by atoms with Crippen LogP contribution in [0.4, 0.5) is 5.69 Å². The summed E-state index contributed by atoms with van der Waals surface area (Å²) in [7, 11) is 1.54. The predicted octanol–water partition coefficient (Wildman–Crippen LogP) is 7.35. The van der Waals surface area contributed by atoms with E-state index >= 15 is 0 Å². The molecule has 9 nitrogen and oxygen atoms in total. The topological polar surface area (TPSA) is 109 Å². The average molecular weight is 670 g/mol. The second-order valence-electron chi connectivity index (χ2n) is 9.57. The Morgan fingerprint density at radius 3 is 2.55 bits per heavy atom. The Labute approximate surface area is 247 Å². The zero-order chi connectivity index (χ0) is 28.2. The summed E-state index contributed by atoms with van der Waals surface area (Å²) in [4.78, 5) is 28.9. The highest BCUT2D eigenvalue weighted by molar-refractivity contribution is 9.10. The number of aromatic nitrogens is 2. The summed E-state index contributed by atoms with van der Waals surface area (Å²) in [5, 5.41) is 16.0. The highest BCUT2D eigenvalue weighted by atomic mass is 79.9. The molecule has 0 aliphatic heterocycles. The van der Waals surface area contributed by atoms with E-state index in [2.05, 4.69) is 37.0 Å². The van der Waals surface area contributed by atoms with Crippen LogP contribution in [0.25, 0.3) is 10.9 Å².